The number of methoxy groups -OCH3 is 1. The second kappa shape index (κ2) is 11.3. The van der Waals surface area contributed by atoms with E-state index in [1.165, 1.54) is 17.3 Å². The number of nitrogens with one attached hydrogen (secondary N) is 2. The van der Waals surface area contributed by atoms with Crippen LogP contribution in [0.15, 0.2) is 18.2 Å². The number of hydrogen-bond acceptors (Lipinski definition) is 10. The lowest BCUT2D eigenvalue weighted by Crippen LogP contribution is -2.55. The van der Waals surface area contributed by atoms with E-state index in [1.54, 1.807) is 7.11 Å². The fourth-order valence-corrected chi connectivity index (χ4v) is 5.75. The highest BCUT2D eigenvalue weighted by molar-refractivity contribution is 5.88. The summed E-state index contributed by atoms with van der Waals surface area (Å²) in [6, 6.07) is 7.51. The Bertz CT molecular complexity index is 1110. The first-order valence-corrected chi connectivity index (χ1v) is 13.1. The molecular formula is C27H38N6O4. The van der Waals surface area contributed by atoms with Gasteiger partial charge in [-0.2, -0.15) is 9.97 Å². The SMILES string of the molecule is COc1nc(Nc2cc(C3CCN(C4COC4)C(C)C3)c(C)cc2C=N)cc(N2CCOC(CO)C2)n1. The van der Waals surface area contributed by atoms with Gasteiger partial charge in [-0.1, -0.05) is 0 Å². The molecule has 0 radical (unpaired) electrons. The Morgan fingerprint density at radius 1 is 1.24 bits per heavy atom. The van der Waals surface area contributed by atoms with Gasteiger partial charge in [-0.15, -0.1) is 0 Å². The largest absolute Gasteiger partial charge is 0.467 e. The zero-order chi connectivity index (χ0) is 25.9. The van der Waals surface area contributed by atoms with E-state index in [9.17, 15) is 5.11 Å². The van der Waals surface area contributed by atoms with Crippen LogP contribution in [0.4, 0.5) is 17.3 Å². The quantitative estimate of drug-likeness (QED) is 0.461. The lowest BCUT2D eigenvalue weighted by Gasteiger charge is -2.46. The first-order chi connectivity index (χ1) is 18.0. The summed E-state index contributed by atoms with van der Waals surface area (Å²) in [4.78, 5) is 13.7. The molecule has 1 aromatic carbocycles. The number of hydrogen-bond donors (Lipinski definition) is 3. The van der Waals surface area contributed by atoms with Crippen LogP contribution in [0.25, 0.3) is 0 Å². The van der Waals surface area contributed by atoms with E-state index in [0.717, 1.165) is 43.9 Å². The number of ether oxygens (including phenoxy) is 3. The average Bonchev–Trinajstić information content (AvgIpc) is 2.89. The van der Waals surface area contributed by atoms with Crippen LogP contribution in [0.5, 0.6) is 6.01 Å². The molecule has 10 heteroatoms. The van der Waals surface area contributed by atoms with Crippen molar-refractivity contribution in [1.29, 1.82) is 5.41 Å². The molecular weight excluding hydrogens is 472 g/mol. The third kappa shape index (κ3) is 5.57. The molecule has 2 aromatic rings. The molecule has 5 rings (SSSR count). The number of morpholine rings is 1. The smallest absolute Gasteiger partial charge is 0.320 e. The summed E-state index contributed by atoms with van der Waals surface area (Å²) in [5.74, 6) is 1.77. The number of rotatable bonds is 8. The fourth-order valence-electron chi connectivity index (χ4n) is 5.75. The van der Waals surface area contributed by atoms with Crippen LogP contribution in [0.3, 0.4) is 0 Å². The summed E-state index contributed by atoms with van der Waals surface area (Å²) in [6.45, 7) is 8.94. The van der Waals surface area contributed by atoms with Gasteiger partial charge in [0, 0.05) is 42.7 Å². The predicted molar refractivity (Wildman–Crippen MR) is 143 cm³/mol. The van der Waals surface area contributed by atoms with Crippen molar-refractivity contribution in [2.45, 2.75) is 50.8 Å². The van der Waals surface area contributed by atoms with Gasteiger partial charge >= 0.3 is 6.01 Å². The van der Waals surface area contributed by atoms with E-state index >= 15 is 0 Å². The highest BCUT2D eigenvalue weighted by Crippen LogP contribution is 2.37. The minimum atomic E-state index is -0.249. The maximum absolute atomic E-state index is 9.54. The van der Waals surface area contributed by atoms with Gasteiger partial charge in [0.15, 0.2) is 0 Å². The van der Waals surface area contributed by atoms with Crippen LogP contribution >= 0.6 is 0 Å². The second-order valence-corrected chi connectivity index (χ2v) is 10.3. The van der Waals surface area contributed by atoms with E-state index in [2.05, 4.69) is 51.1 Å². The molecule has 3 unspecified atom stereocenters. The van der Waals surface area contributed by atoms with Gasteiger partial charge in [0.25, 0.3) is 0 Å². The maximum Gasteiger partial charge on any atom is 0.320 e. The zero-order valence-corrected chi connectivity index (χ0v) is 21.9. The Hall–Kier alpha value is -2.79. The molecule has 1 aromatic heterocycles. The summed E-state index contributed by atoms with van der Waals surface area (Å²) in [5, 5.41) is 21.0. The van der Waals surface area contributed by atoms with Gasteiger partial charge in [0.1, 0.15) is 11.6 Å². The first-order valence-electron chi connectivity index (χ1n) is 13.1. The van der Waals surface area contributed by atoms with Crippen molar-refractivity contribution in [3.63, 3.8) is 0 Å². The van der Waals surface area contributed by atoms with E-state index in [4.69, 9.17) is 19.6 Å². The number of aromatic nitrogens is 2. The first kappa shape index (κ1) is 25.8. The lowest BCUT2D eigenvalue weighted by atomic mass is 9.82. The molecule has 0 aliphatic carbocycles. The van der Waals surface area contributed by atoms with Gasteiger partial charge in [-0.25, -0.2) is 0 Å². The molecule has 3 fully saturated rings. The van der Waals surface area contributed by atoms with Gasteiger partial charge in [0.05, 0.1) is 45.7 Å². The number of aliphatic hydroxyl groups excluding tert-OH is 1. The van der Waals surface area contributed by atoms with Crippen LogP contribution in [-0.2, 0) is 9.47 Å². The Morgan fingerprint density at radius 2 is 2.08 bits per heavy atom. The summed E-state index contributed by atoms with van der Waals surface area (Å²) in [6.07, 6.45) is 3.35. The van der Waals surface area contributed by atoms with Crippen molar-refractivity contribution in [1.82, 2.24) is 14.9 Å². The van der Waals surface area contributed by atoms with E-state index in [1.807, 2.05) is 6.07 Å². The number of aliphatic hydroxyl groups is 1. The standard InChI is InChI=1S/C27H38N6O4/c1-17-8-20(12-28)24(10-23(17)19-4-5-33(18(2)9-19)21-15-36-16-21)29-25-11-26(31-27(30-25)35-3)32-6-7-37-22(13-32)14-34/h8,10-12,18-19,21-22,28,34H,4-7,9,13-16H2,1-3H3,(H,29,30,31). The van der Waals surface area contributed by atoms with Crippen LogP contribution in [0, 0.1) is 12.3 Å². The lowest BCUT2D eigenvalue weighted by molar-refractivity contribution is -0.0862. The number of anilines is 3. The van der Waals surface area contributed by atoms with E-state index < -0.39 is 0 Å². The van der Waals surface area contributed by atoms with Gasteiger partial charge in [-0.05, 0) is 62.4 Å². The molecule has 200 valence electrons. The summed E-state index contributed by atoms with van der Waals surface area (Å²) in [7, 11) is 1.55. The van der Waals surface area contributed by atoms with Crippen molar-refractivity contribution in [2.75, 3.05) is 63.4 Å². The van der Waals surface area contributed by atoms with Gasteiger partial charge in [0.2, 0.25) is 0 Å². The second-order valence-electron chi connectivity index (χ2n) is 10.3. The monoisotopic (exact) mass is 510 g/mol. The minimum absolute atomic E-state index is 0.0371. The summed E-state index contributed by atoms with van der Waals surface area (Å²) >= 11 is 0. The minimum Gasteiger partial charge on any atom is -0.467 e. The van der Waals surface area contributed by atoms with Crippen molar-refractivity contribution in [3.05, 3.63) is 34.9 Å². The average molecular weight is 511 g/mol. The van der Waals surface area contributed by atoms with Crippen LogP contribution in [0.2, 0.25) is 0 Å². The Morgan fingerprint density at radius 3 is 2.76 bits per heavy atom. The van der Waals surface area contributed by atoms with Crippen molar-refractivity contribution >= 4 is 23.5 Å². The van der Waals surface area contributed by atoms with Crippen LogP contribution in [0.1, 0.15) is 42.4 Å². The Kier molecular flexibility index (Phi) is 7.89. The highest BCUT2D eigenvalue weighted by atomic mass is 16.5. The molecule has 10 nitrogen and oxygen atoms in total. The summed E-state index contributed by atoms with van der Waals surface area (Å²) in [5.41, 5.74) is 4.19. The normalized spacial score (nSPS) is 25.0. The molecule has 3 atom stereocenters. The molecule has 0 amide bonds. The fraction of sp³-hybridized carbons (Fsp3) is 0.593. The van der Waals surface area contributed by atoms with Crippen LogP contribution < -0.4 is 15.0 Å². The molecule has 3 aliphatic rings. The molecule has 4 heterocycles. The number of likely N-dealkylation sites (tertiary alicyclic amines) is 1. The molecule has 0 saturated carbocycles. The van der Waals surface area contributed by atoms with Crippen molar-refractivity contribution in [2.24, 2.45) is 0 Å². The third-order valence-electron chi connectivity index (χ3n) is 7.85. The molecule has 3 aliphatic heterocycles. The predicted octanol–water partition coefficient (Wildman–Crippen LogP) is 2.70. The van der Waals surface area contributed by atoms with Crippen molar-refractivity contribution < 1.29 is 19.3 Å². The molecule has 0 spiro atoms. The maximum atomic E-state index is 9.54. The highest BCUT2D eigenvalue weighted by Gasteiger charge is 2.35. The number of nitrogens with zero attached hydrogens (tertiary/aromatic N) is 4. The van der Waals surface area contributed by atoms with Crippen molar-refractivity contribution in [3.8, 4) is 6.01 Å². The number of piperidine rings is 1. The molecule has 3 saturated heterocycles. The van der Waals surface area contributed by atoms with E-state index in [0.29, 0.717) is 49.3 Å². The third-order valence-corrected chi connectivity index (χ3v) is 7.85. The Balaban J connectivity index is 1.39. The number of benzene rings is 1. The Labute approximate surface area is 218 Å². The molecule has 0 bridgehead atoms. The molecule has 3 N–H and O–H groups in total. The van der Waals surface area contributed by atoms with Gasteiger partial charge < -0.3 is 34.9 Å². The molecule has 37 heavy (non-hydrogen) atoms. The zero-order valence-electron chi connectivity index (χ0n) is 21.9. The van der Waals surface area contributed by atoms with Crippen LogP contribution in [-0.4, -0.2) is 97.5 Å². The number of aryl methyl sites for hydroxylation is 1. The topological polar surface area (TPSA) is 116 Å². The van der Waals surface area contributed by atoms with Gasteiger partial charge in [-0.3, -0.25) is 4.90 Å². The van der Waals surface area contributed by atoms with E-state index in [-0.39, 0.29) is 18.7 Å². The summed E-state index contributed by atoms with van der Waals surface area (Å²) < 4.78 is 16.4.